The van der Waals surface area contributed by atoms with Crippen molar-refractivity contribution >= 4 is 16.6 Å². The van der Waals surface area contributed by atoms with Gasteiger partial charge >= 0.3 is 6.18 Å². The second-order valence-electron chi connectivity index (χ2n) is 9.11. The van der Waals surface area contributed by atoms with Crippen LogP contribution >= 0.6 is 0 Å². The van der Waals surface area contributed by atoms with Crippen LogP contribution in [0.25, 0.3) is 28.1 Å². The number of rotatable bonds is 7. The van der Waals surface area contributed by atoms with Crippen molar-refractivity contribution in [1.82, 2.24) is 24.5 Å². The van der Waals surface area contributed by atoms with Crippen molar-refractivity contribution in [2.24, 2.45) is 5.73 Å². The summed E-state index contributed by atoms with van der Waals surface area (Å²) in [6.45, 7) is 2.78. The molecule has 4 aromatic rings. The molecule has 0 radical (unpaired) electrons. The van der Waals surface area contributed by atoms with Gasteiger partial charge in [0.1, 0.15) is 29.1 Å². The van der Waals surface area contributed by atoms with E-state index >= 15 is 0 Å². The molecule has 4 heterocycles. The van der Waals surface area contributed by atoms with Crippen molar-refractivity contribution in [2.75, 3.05) is 26.8 Å². The van der Waals surface area contributed by atoms with Gasteiger partial charge in [0.15, 0.2) is 11.5 Å². The minimum atomic E-state index is -4.46. The molecule has 36 heavy (non-hydrogen) atoms. The number of hydrogen-bond donors (Lipinski definition) is 1. The molecule has 0 saturated carbocycles. The van der Waals surface area contributed by atoms with Crippen LogP contribution in [0, 0.1) is 0 Å². The Morgan fingerprint density at radius 1 is 1.14 bits per heavy atom. The molecule has 2 N–H and O–H groups in total. The third-order valence-corrected chi connectivity index (χ3v) is 6.31. The lowest BCUT2D eigenvalue weighted by molar-refractivity contribution is -0.183. The fourth-order valence-electron chi connectivity index (χ4n) is 4.73. The molecule has 1 saturated heterocycles. The van der Waals surface area contributed by atoms with E-state index in [1.54, 1.807) is 23.6 Å². The van der Waals surface area contributed by atoms with Gasteiger partial charge in [0.25, 0.3) is 0 Å². The van der Waals surface area contributed by atoms with Crippen molar-refractivity contribution < 1.29 is 22.6 Å². The normalized spacial score (nSPS) is 18.7. The monoisotopic (exact) mass is 500 g/mol. The van der Waals surface area contributed by atoms with E-state index in [1.165, 1.54) is 17.2 Å². The summed E-state index contributed by atoms with van der Waals surface area (Å²) in [5, 5.41) is 9.25. The highest BCUT2D eigenvalue weighted by Gasteiger charge is 2.46. The Morgan fingerprint density at radius 3 is 2.69 bits per heavy atom. The summed E-state index contributed by atoms with van der Waals surface area (Å²) in [7, 11) is 1.60. The Hall–Kier alpha value is -3.28. The van der Waals surface area contributed by atoms with Crippen molar-refractivity contribution in [2.45, 2.75) is 37.7 Å². The molecule has 1 fully saturated rings. The molecule has 190 valence electrons. The number of hydrogen-bond acceptors (Lipinski definition) is 7. The molecule has 11 heteroatoms. The molecule has 1 aliphatic rings. The number of benzene rings is 1. The van der Waals surface area contributed by atoms with Gasteiger partial charge in [-0.3, -0.25) is 9.30 Å². The molecule has 8 nitrogen and oxygen atoms in total. The zero-order valence-electron chi connectivity index (χ0n) is 19.9. The standard InChI is InChI=1S/C25H27F3N6O2/c1-15(14-35-2)36-20-5-3-4-16-6-8-19(30-22(16)20)24-32-31-21-9-7-17(12-34(21)24)23(25(26,27)28)33-11-10-18(29)13-33/h3-9,12,15,18,23H,10-11,13-14,29H2,1-2H3/t15-,18-,23+/m0/s1. The molecule has 0 aliphatic carbocycles. The number of pyridine rings is 2. The third-order valence-electron chi connectivity index (χ3n) is 6.31. The lowest BCUT2D eigenvalue weighted by Crippen LogP contribution is -2.38. The number of alkyl halides is 3. The lowest BCUT2D eigenvalue weighted by Gasteiger charge is -2.30. The molecule has 0 spiro atoms. The fraction of sp³-hybridized carbons (Fsp3) is 0.400. The molecule has 1 aliphatic heterocycles. The van der Waals surface area contributed by atoms with E-state index in [-0.39, 0.29) is 30.8 Å². The highest BCUT2D eigenvalue weighted by atomic mass is 19.4. The molecule has 0 unspecified atom stereocenters. The Morgan fingerprint density at radius 2 is 1.97 bits per heavy atom. The molecule has 0 amide bonds. The van der Waals surface area contributed by atoms with Crippen LogP contribution in [0.3, 0.4) is 0 Å². The summed E-state index contributed by atoms with van der Waals surface area (Å²) in [6, 6.07) is 10.2. The number of fused-ring (bicyclic) bond motifs is 2. The van der Waals surface area contributed by atoms with Gasteiger partial charge in [0, 0.05) is 37.8 Å². The Balaban J connectivity index is 1.57. The average Bonchev–Trinajstić information content (AvgIpc) is 3.44. The van der Waals surface area contributed by atoms with E-state index in [0.717, 1.165) is 5.39 Å². The minimum absolute atomic E-state index is 0.100. The number of ether oxygens (including phenoxy) is 2. The Labute approximate surface area is 205 Å². The van der Waals surface area contributed by atoms with Crippen LogP contribution in [0.5, 0.6) is 5.75 Å². The first-order chi connectivity index (χ1) is 17.2. The van der Waals surface area contributed by atoms with Crippen LogP contribution in [0.1, 0.15) is 24.9 Å². The molecular weight excluding hydrogens is 473 g/mol. The number of aromatic nitrogens is 4. The van der Waals surface area contributed by atoms with Crippen molar-refractivity contribution in [1.29, 1.82) is 0 Å². The number of nitrogens with zero attached hydrogens (tertiary/aromatic N) is 5. The summed E-state index contributed by atoms with van der Waals surface area (Å²) >= 11 is 0. The molecular formula is C25H27F3N6O2. The number of likely N-dealkylation sites (tertiary alicyclic amines) is 1. The molecule has 3 atom stereocenters. The highest BCUT2D eigenvalue weighted by Crippen LogP contribution is 2.39. The largest absolute Gasteiger partial charge is 0.486 e. The SMILES string of the molecule is COC[C@H](C)Oc1cccc2ccc(-c3nnc4ccc([C@@H](N5CC[C@H](N)C5)C(F)(F)F)cn34)nc12. The van der Waals surface area contributed by atoms with Gasteiger partial charge in [-0.25, -0.2) is 4.98 Å². The van der Waals surface area contributed by atoms with Gasteiger partial charge in [0.05, 0.1) is 6.61 Å². The summed E-state index contributed by atoms with van der Waals surface area (Å²) in [6.07, 6.45) is -2.68. The van der Waals surface area contributed by atoms with Crippen molar-refractivity contribution in [3.63, 3.8) is 0 Å². The van der Waals surface area contributed by atoms with E-state index in [9.17, 15) is 13.2 Å². The first-order valence-corrected chi connectivity index (χ1v) is 11.7. The van der Waals surface area contributed by atoms with Crippen LogP contribution in [-0.2, 0) is 4.74 Å². The van der Waals surface area contributed by atoms with E-state index in [2.05, 4.69) is 10.2 Å². The smallest absolute Gasteiger partial charge is 0.408 e. The Bertz CT molecular complexity index is 1380. The van der Waals surface area contributed by atoms with Crippen LogP contribution in [0.15, 0.2) is 48.7 Å². The number of halogens is 3. The highest BCUT2D eigenvalue weighted by molar-refractivity contribution is 5.86. The van der Waals surface area contributed by atoms with E-state index in [4.69, 9.17) is 20.2 Å². The Kier molecular flexibility index (Phi) is 6.54. The summed E-state index contributed by atoms with van der Waals surface area (Å²) in [5.41, 5.74) is 7.51. The zero-order chi connectivity index (χ0) is 25.4. The van der Waals surface area contributed by atoms with Crippen LogP contribution < -0.4 is 10.5 Å². The zero-order valence-corrected chi connectivity index (χ0v) is 19.9. The van der Waals surface area contributed by atoms with Gasteiger partial charge in [-0.05, 0) is 37.1 Å². The van der Waals surface area contributed by atoms with Crippen LogP contribution in [0.4, 0.5) is 13.2 Å². The van der Waals surface area contributed by atoms with E-state index < -0.39 is 12.2 Å². The number of nitrogens with two attached hydrogens (primary N) is 1. The minimum Gasteiger partial charge on any atom is -0.486 e. The summed E-state index contributed by atoms with van der Waals surface area (Å²) in [5.74, 6) is 0.920. The van der Waals surface area contributed by atoms with Crippen molar-refractivity contribution in [3.05, 3.63) is 54.2 Å². The second kappa shape index (κ2) is 9.64. The maximum atomic E-state index is 14.2. The van der Waals surface area contributed by atoms with E-state index in [0.29, 0.717) is 41.5 Å². The second-order valence-corrected chi connectivity index (χ2v) is 9.11. The van der Waals surface area contributed by atoms with Gasteiger partial charge in [-0.1, -0.05) is 24.3 Å². The quantitative estimate of drug-likeness (QED) is 0.410. The predicted octanol–water partition coefficient (Wildman–Crippen LogP) is 3.99. The van der Waals surface area contributed by atoms with Gasteiger partial charge in [-0.2, -0.15) is 13.2 Å². The third kappa shape index (κ3) is 4.73. The first kappa shape index (κ1) is 24.4. The molecule has 5 rings (SSSR count). The summed E-state index contributed by atoms with van der Waals surface area (Å²) < 4.78 is 55.2. The van der Waals surface area contributed by atoms with Gasteiger partial charge in [0.2, 0.25) is 0 Å². The number of para-hydroxylation sites is 1. The predicted molar refractivity (Wildman–Crippen MR) is 129 cm³/mol. The van der Waals surface area contributed by atoms with Crippen molar-refractivity contribution in [3.8, 4) is 17.3 Å². The van der Waals surface area contributed by atoms with Gasteiger partial charge in [-0.15, -0.1) is 10.2 Å². The van der Waals surface area contributed by atoms with E-state index in [1.807, 2.05) is 31.2 Å². The lowest BCUT2D eigenvalue weighted by atomic mass is 10.1. The fourth-order valence-corrected chi connectivity index (χ4v) is 4.73. The maximum absolute atomic E-state index is 14.2. The number of methoxy groups -OCH3 is 1. The molecule has 0 bridgehead atoms. The molecule has 3 aromatic heterocycles. The van der Waals surface area contributed by atoms with Crippen LogP contribution in [-0.4, -0.2) is 69.6 Å². The van der Waals surface area contributed by atoms with Crippen LogP contribution in [0.2, 0.25) is 0 Å². The first-order valence-electron chi connectivity index (χ1n) is 11.7. The summed E-state index contributed by atoms with van der Waals surface area (Å²) in [4.78, 5) is 6.14. The average molecular weight is 501 g/mol. The molecule has 1 aromatic carbocycles. The maximum Gasteiger partial charge on any atom is 0.408 e. The topological polar surface area (TPSA) is 90.8 Å². The van der Waals surface area contributed by atoms with Gasteiger partial charge < -0.3 is 15.2 Å².